The highest BCUT2D eigenvalue weighted by Gasteiger charge is 2.23. The number of ether oxygens (including phenoxy) is 1. The molecule has 1 heterocycles. The lowest BCUT2D eigenvalue weighted by atomic mass is 10.1. The molecule has 4 nitrogen and oxygen atoms in total. The molecule has 0 spiro atoms. The third-order valence-electron chi connectivity index (χ3n) is 5.35. The lowest BCUT2D eigenvalue weighted by Crippen LogP contribution is -2.49. The highest BCUT2D eigenvalue weighted by atomic mass is 16.5. The lowest BCUT2D eigenvalue weighted by molar-refractivity contribution is 0.0744. The summed E-state index contributed by atoms with van der Waals surface area (Å²) >= 11 is 0. The van der Waals surface area contributed by atoms with E-state index in [-0.39, 0.29) is 5.91 Å². The Morgan fingerprint density at radius 3 is 2.21 bits per heavy atom. The molecule has 0 saturated carbocycles. The van der Waals surface area contributed by atoms with Crippen LogP contribution in [0.3, 0.4) is 0 Å². The van der Waals surface area contributed by atoms with E-state index >= 15 is 0 Å². The molecule has 0 aliphatic carbocycles. The van der Waals surface area contributed by atoms with Crippen molar-refractivity contribution in [2.45, 2.75) is 13.5 Å². The summed E-state index contributed by atoms with van der Waals surface area (Å²) in [6.07, 6.45) is 0. The molecule has 148 valence electrons. The first-order chi connectivity index (χ1) is 14.2. The maximum atomic E-state index is 13.2. The second-order valence-corrected chi connectivity index (χ2v) is 7.37. The van der Waals surface area contributed by atoms with Gasteiger partial charge in [-0.1, -0.05) is 54.1 Å². The van der Waals surface area contributed by atoms with E-state index in [1.165, 1.54) is 11.3 Å². The van der Waals surface area contributed by atoms with E-state index in [9.17, 15) is 4.79 Å². The fourth-order valence-corrected chi connectivity index (χ4v) is 3.63. The van der Waals surface area contributed by atoms with Crippen LogP contribution in [0.2, 0.25) is 0 Å². The minimum Gasteiger partial charge on any atom is -0.489 e. The van der Waals surface area contributed by atoms with Crippen molar-refractivity contribution < 1.29 is 9.53 Å². The van der Waals surface area contributed by atoms with Crippen LogP contribution in [0.25, 0.3) is 0 Å². The van der Waals surface area contributed by atoms with Crippen molar-refractivity contribution in [3.63, 3.8) is 0 Å². The number of amides is 1. The number of para-hydroxylation sites is 1. The zero-order chi connectivity index (χ0) is 20.1. The van der Waals surface area contributed by atoms with Gasteiger partial charge in [-0.2, -0.15) is 0 Å². The number of benzene rings is 3. The van der Waals surface area contributed by atoms with E-state index in [1.807, 2.05) is 59.5 Å². The number of rotatable bonds is 5. The first-order valence-corrected chi connectivity index (χ1v) is 10.1. The topological polar surface area (TPSA) is 32.8 Å². The Balaban J connectivity index is 1.41. The summed E-state index contributed by atoms with van der Waals surface area (Å²) in [7, 11) is 0. The molecule has 0 radical (unpaired) electrons. The molecular weight excluding hydrogens is 360 g/mol. The predicted octanol–water partition coefficient (Wildman–Crippen LogP) is 4.54. The van der Waals surface area contributed by atoms with Crippen molar-refractivity contribution in [1.82, 2.24) is 4.90 Å². The van der Waals surface area contributed by atoms with Gasteiger partial charge in [-0.05, 0) is 37.3 Å². The van der Waals surface area contributed by atoms with Gasteiger partial charge in [0.05, 0.1) is 0 Å². The van der Waals surface area contributed by atoms with Crippen LogP contribution < -0.4 is 9.64 Å². The van der Waals surface area contributed by atoms with Crippen molar-refractivity contribution in [3.8, 4) is 5.75 Å². The van der Waals surface area contributed by atoms with Gasteiger partial charge in [-0.3, -0.25) is 4.79 Å². The van der Waals surface area contributed by atoms with Crippen LogP contribution in [0.4, 0.5) is 5.69 Å². The molecule has 4 heteroatoms. The number of carbonyl (C=O) groups is 1. The zero-order valence-electron chi connectivity index (χ0n) is 16.8. The van der Waals surface area contributed by atoms with Crippen LogP contribution in [-0.2, 0) is 6.61 Å². The van der Waals surface area contributed by atoms with E-state index in [1.54, 1.807) is 0 Å². The summed E-state index contributed by atoms with van der Waals surface area (Å²) in [5, 5.41) is 0. The van der Waals surface area contributed by atoms with Gasteiger partial charge in [-0.25, -0.2) is 0 Å². The number of anilines is 1. The van der Waals surface area contributed by atoms with E-state index in [0.29, 0.717) is 6.61 Å². The summed E-state index contributed by atoms with van der Waals surface area (Å²) in [4.78, 5) is 17.4. The average Bonchev–Trinajstić information content (AvgIpc) is 2.79. The molecule has 3 aromatic rings. The van der Waals surface area contributed by atoms with E-state index < -0.39 is 0 Å². The van der Waals surface area contributed by atoms with Gasteiger partial charge in [0.1, 0.15) is 12.4 Å². The second-order valence-electron chi connectivity index (χ2n) is 7.37. The van der Waals surface area contributed by atoms with Gasteiger partial charge < -0.3 is 14.5 Å². The Morgan fingerprint density at radius 2 is 1.48 bits per heavy atom. The third-order valence-corrected chi connectivity index (χ3v) is 5.35. The Hall–Kier alpha value is -3.27. The highest BCUT2D eigenvalue weighted by molar-refractivity contribution is 5.95. The smallest absolute Gasteiger partial charge is 0.254 e. The van der Waals surface area contributed by atoms with E-state index in [2.05, 4.69) is 36.1 Å². The summed E-state index contributed by atoms with van der Waals surface area (Å²) in [5.41, 5.74) is 4.06. The predicted molar refractivity (Wildman–Crippen MR) is 117 cm³/mol. The molecule has 0 bridgehead atoms. The summed E-state index contributed by atoms with van der Waals surface area (Å²) < 4.78 is 5.92. The average molecular weight is 386 g/mol. The van der Waals surface area contributed by atoms with Crippen LogP contribution in [-0.4, -0.2) is 37.0 Å². The third kappa shape index (κ3) is 4.60. The molecule has 1 aliphatic rings. The van der Waals surface area contributed by atoms with E-state index in [0.717, 1.165) is 43.1 Å². The highest BCUT2D eigenvalue weighted by Crippen LogP contribution is 2.20. The summed E-state index contributed by atoms with van der Waals surface area (Å²) in [5.74, 6) is 0.898. The summed E-state index contributed by atoms with van der Waals surface area (Å²) in [6, 6.07) is 26.1. The first kappa shape index (κ1) is 19.1. The lowest BCUT2D eigenvalue weighted by Gasteiger charge is -2.36. The zero-order valence-corrected chi connectivity index (χ0v) is 16.8. The number of aryl methyl sites for hydroxylation is 1. The monoisotopic (exact) mass is 386 g/mol. The molecule has 0 N–H and O–H groups in total. The first-order valence-electron chi connectivity index (χ1n) is 10.1. The molecular formula is C25H26N2O2. The van der Waals surface area contributed by atoms with E-state index in [4.69, 9.17) is 4.74 Å². The van der Waals surface area contributed by atoms with Crippen LogP contribution in [0, 0.1) is 6.92 Å². The molecule has 1 saturated heterocycles. The minimum atomic E-state index is 0.0841. The Kier molecular flexibility index (Phi) is 5.80. The SMILES string of the molecule is Cc1ccc(OCc2ccccc2C(=O)N2CCN(c3ccccc3)CC2)cc1. The number of carbonyl (C=O) groups excluding carboxylic acids is 1. The second kappa shape index (κ2) is 8.82. The number of piperazine rings is 1. The maximum absolute atomic E-state index is 13.2. The maximum Gasteiger partial charge on any atom is 0.254 e. The molecule has 29 heavy (non-hydrogen) atoms. The van der Waals surface area contributed by atoms with Crippen molar-refractivity contribution in [3.05, 3.63) is 95.6 Å². The minimum absolute atomic E-state index is 0.0841. The molecule has 3 aromatic carbocycles. The fourth-order valence-electron chi connectivity index (χ4n) is 3.63. The molecule has 0 unspecified atom stereocenters. The van der Waals surface area contributed by atoms with Crippen LogP contribution >= 0.6 is 0 Å². The van der Waals surface area contributed by atoms with Gasteiger partial charge in [0, 0.05) is 43.0 Å². The Morgan fingerprint density at radius 1 is 0.828 bits per heavy atom. The quantitative estimate of drug-likeness (QED) is 0.646. The molecule has 1 fully saturated rings. The molecule has 4 rings (SSSR count). The summed E-state index contributed by atoms with van der Waals surface area (Å²) in [6.45, 7) is 5.57. The van der Waals surface area contributed by atoms with Crippen LogP contribution in [0.15, 0.2) is 78.9 Å². The van der Waals surface area contributed by atoms with Gasteiger partial charge in [-0.15, -0.1) is 0 Å². The number of hydrogen-bond donors (Lipinski definition) is 0. The van der Waals surface area contributed by atoms with Crippen molar-refractivity contribution >= 4 is 11.6 Å². The standard InChI is InChI=1S/C25H26N2O2/c1-20-11-13-23(14-12-20)29-19-21-7-5-6-10-24(21)25(28)27-17-15-26(16-18-27)22-8-3-2-4-9-22/h2-14H,15-19H2,1H3. The van der Waals surface area contributed by atoms with Gasteiger partial charge in [0.15, 0.2) is 0 Å². The normalized spacial score (nSPS) is 14.0. The Labute approximate surface area is 172 Å². The molecule has 1 amide bonds. The number of hydrogen-bond acceptors (Lipinski definition) is 3. The van der Waals surface area contributed by atoms with Crippen molar-refractivity contribution in [2.75, 3.05) is 31.1 Å². The van der Waals surface area contributed by atoms with Gasteiger partial charge in [0.25, 0.3) is 5.91 Å². The molecule has 0 atom stereocenters. The van der Waals surface area contributed by atoms with Gasteiger partial charge in [0.2, 0.25) is 0 Å². The molecule has 0 aromatic heterocycles. The largest absolute Gasteiger partial charge is 0.489 e. The fraction of sp³-hybridized carbons (Fsp3) is 0.240. The number of nitrogens with zero attached hydrogens (tertiary/aromatic N) is 2. The van der Waals surface area contributed by atoms with Gasteiger partial charge >= 0.3 is 0 Å². The van der Waals surface area contributed by atoms with Crippen LogP contribution in [0.5, 0.6) is 5.75 Å². The van der Waals surface area contributed by atoms with Crippen molar-refractivity contribution in [1.29, 1.82) is 0 Å². The Bertz CT molecular complexity index is 946. The van der Waals surface area contributed by atoms with Crippen molar-refractivity contribution in [2.24, 2.45) is 0 Å². The molecule has 1 aliphatic heterocycles. The van der Waals surface area contributed by atoms with Crippen LogP contribution in [0.1, 0.15) is 21.5 Å².